The molecule has 0 heterocycles. The zero-order chi connectivity index (χ0) is 14.8. The van der Waals surface area contributed by atoms with E-state index in [0.717, 1.165) is 0 Å². The molecule has 1 aliphatic rings. The molecule has 0 saturated heterocycles. The fourth-order valence-corrected chi connectivity index (χ4v) is 2.39. The highest BCUT2D eigenvalue weighted by molar-refractivity contribution is 5.84. The van der Waals surface area contributed by atoms with E-state index < -0.39 is 23.1 Å². The van der Waals surface area contributed by atoms with Crippen LogP contribution in [-0.4, -0.2) is 11.1 Å². The summed E-state index contributed by atoms with van der Waals surface area (Å²) in [6.45, 7) is 1.82. The quantitative estimate of drug-likeness (QED) is 0.857. The number of rotatable bonds is 3. The van der Waals surface area contributed by atoms with Crippen molar-refractivity contribution in [3.63, 3.8) is 0 Å². The van der Waals surface area contributed by atoms with Crippen molar-refractivity contribution in [1.82, 2.24) is 0 Å². The molecule has 102 valence electrons. The van der Waals surface area contributed by atoms with Gasteiger partial charge in [-0.2, -0.15) is 5.26 Å². The summed E-state index contributed by atoms with van der Waals surface area (Å²) in [5, 5.41) is 18.6. The van der Waals surface area contributed by atoms with E-state index in [2.05, 4.69) is 6.07 Å². The molecule has 2 unspecified atom stereocenters. The number of carboxylic acid groups (broad SMARTS) is 1. The van der Waals surface area contributed by atoms with Crippen molar-refractivity contribution in [3.05, 3.63) is 53.9 Å². The Balaban J connectivity index is 2.62. The average molecular weight is 271 g/mol. The number of benzene rings is 1. The molecule has 0 amide bonds. The molecule has 4 heteroatoms. The molecule has 0 saturated carbocycles. The van der Waals surface area contributed by atoms with Crippen molar-refractivity contribution < 1.29 is 14.3 Å². The number of carbonyl (C=O) groups is 1. The molecule has 2 rings (SSSR count). The van der Waals surface area contributed by atoms with Gasteiger partial charge in [0.1, 0.15) is 11.2 Å². The fourth-order valence-electron chi connectivity index (χ4n) is 2.39. The van der Waals surface area contributed by atoms with E-state index in [9.17, 15) is 14.4 Å². The molecule has 0 radical (unpaired) electrons. The second kappa shape index (κ2) is 5.30. The summed E-state index contributed by atoms with van der Waals surface area (Å²) in [6, 6.07) is 8.30. The molecule has 2 atom stereocenters. The topological polar surface area (TPSA) is 61.1 Å². The molecular weight excluding hydrogens is 257 g/mol. The van der Waals surface area contributed by atoms with Crippen LogP contribution in [0.5, 0.6) is 0 Å². The second-order valence-electron chi connectivity index (χ2n) is 4.72. The molecule has 0 aliphatic heterocycles. The molecular formula is C16H14FNO2. The van der Waals surface area contributed by atoms with Crippen LogP contribution in [0.15, 0.2) is 42.5 Å². The number of hydrogen-bond acceptors (Lipinski definition) is 2. The van der Waals surface area contributed by atoms with E-state index in [4.69, 9.17) is 5.11 Å². The molecule has 3 nitrogen and oxygen atoms in total. The number of hydrogen-bond donors (Lipinski definition) is 1. The van der Waals surface area contributed by atoms with Gasteiger partial charge in [-0.1, -0.05) is 43.4 Å². The molecule has 0 spiro atoms. The summed E-state index contributed by atoms with van der Waals surface area (Å²) in [5.74, 6) is -2.30. The highest BCUT2D eigenvalue weighted by atomic mass is 19.1. The number of allylic oxidation sites excluding steroid dienone is 2. The Hall–Kier alpha value is -2.41. The van der Waals surface area contributed by atoms with Gasteiger partial charge < -0.3 is 5.11 Å². The van der Waals surface area contributed by atoms with Gasteiger partial charge in [-0.3, -0.25) is 4.79 Å². The Morgan fingerprint density at radius 1 is 1.50 bits per heavy atom. The maximum Gasteiger partial charge on any atom is 0.314 e. The van der Waals surface area contributed by atoms with Crippen molar-refractivity contribution in [2.24, 2.45) is 11.3 Å². The Bertz CT molecular complexity index is 642. The molecule has 1 aromatic carbocycles. The van der Waals surface area contributed by atoms with Crippen molar-refractivity contribution in [1.29, 1.82) is 5.26 Å². The highest BCUT2D eigenvalue weighted by Gasteiger charge is 2.36. The smallest absolute Gasteiger partial charge is 0.314 e. The van der Waals surface area contributed by atoms with E-state index in [1.165, 1.54) is 18.2 Å². The molecule has 1 aliphatic carbocycles. The van der Waals surface area contributed by atoms with Crippen LogP contribution < -0.4 is 0 Å². The number of nitrogens with zero attached hydrogens (tertiary/aromatic N) is 1. The van der Waals surface area contributed by atoms with Crippen LogP contribution in [0.3, 0.4) is 0 Å². The van der Waals surface area contributed by atoms with Gasteiger partial charge in [-0.25, -0.2) is 4.39 Å². The van der Waals surface area contributed by atoms with E-state index in [-0.39, 0.29) is 5.56 Å². The standard InChI is InChI=1S/C16H14FNO2/c1-2-16(10-18)8-7-11(15(19)20)9-13(16)12-5-3-4-6-14(12)17/h3-9,11H,2H2,1H3,(H,19,20). The molecule has 0 fully saturated rings. The lowest BCUT2D eigenvalue weighted by Crippen LogP contribution is -2.24. The summed E-state index contributed by atoms with van der Waals surface area (Å²) in [5.41, 5.74) is -0.268. The van der Waals surface area contributed by atoms with Crippen molar-refractivity contribution >= 4 is 11.5 Å². The summed E-state index contributed by atoms with van der Waals surface area (Å²) in [7, 11) is 0. The minimum atomic E-state index is -1.02. The van der Waals surface area contributed by atoms with Gasteiger partial charge in [0.25, 0.3) is 0 Å². The fraction of sp³-hybridized carbons (Fsp3) is 0.250. The van der Waals surface area contributed by atoms with Gasteiger partial charge in [0, 0.05) is 5.56 Å². The zero-order valence-electron chi connectivity index (χ0n) is 11.0. The lowest BCUT2D eigenvalue weighted by atomic mass is 9.71. The number of carboxylic acids is 1. The molecule has 0 bridgehead atoms. The van der Waals surface area contributed by atoms with Crippen LogP contribution in [0.25, 0.3) is 5.57 Å². The van der Waals surface area contributed by atoms with Crippen LogP contribution in [0, 0.1) is 28.5 Å². The summed E-state index contributed by atoms with van der Waals surface area (Å²) in [4.78, 5) is 11.1. The largest absolute Gasteiger partial charge is 0.481 e. The van der Waals surface area contributed by atoms with Crippen LogP contribution in [0.1, 0.15) is 18.9 Å². The van der Waals surface area contributed by atoms with Gasteiger partial charge in [0.15, 0.2) is 0 Å². The van der Waals surface area contributed by atoms with Gasteiger partial charge >= 0.3 is 5.97 Å². The lowest BCUT2D eigenvalue weighted by molar-refractivity contribution is -0.138. The van der Waals surface area contributed by atoms with E-state index in [0.29, 0.717) is 12.0 Å². The summed E-state index contributed by atoms with van der Waals surface area (Å²) < 4.78 is 14.0. The molecule has 1 aromatic rings. The van der Waals surface area contributed by atoms with Crippen LogP contribution in [0.2, 0.25) is 0 Å². The normalized spacial score (nSPS) is 24.9. The Kier molecular flexibility index (Phi) is 3.71. The summed E-state index contributed by atoms with van der Waals surface area (Å²) >= 11 is 0. The predicted octanol–water partition coefficient (Wildman–Crippen LogP) is 3.40. The van der Waals surface area contributed by atoms with E-state index in [1.807, 2.05) is 6.92 Å². The van der Waals surface area contributed by atoms with Crippen molar-refractivity contribution in [2.45, 2.75) is 13.3 Å². The number of halogens is 1. The van der Waals surface area contributed by atoms with Crippen LogP contribution in [-0.2, 0) is 4.79 Å². The predicted molar refractivity (Wildman–Crippen MR) is 73.0 cm³/mol. The van der Waals surface area contributed by atoms with E-state index in [1.54, 1.807) is 24.3 Å². The molecule has 0 aromatic heterocycles. The Labute approximate surface area is 116 Å². The third-order valence-electron chi connectivity index (χ3n) is 3.62. The monoisotopic (exact) mass is 271 g/mol. The Morgan fingerprint density at radius 2 is 2.20 bits per heavy atom. The van der Waals surface area contributed by atoms with Crippen LogP contribution in [0.4, 0.5) is 4.39 Å². The SMILES string of the molecule is CCC1(C#N)C=CC(C(=O)O)C=C1c1ccccc1F. The molecule has 20 heavy (non-hydrogen) atoms. The molecule has 1 N–H and O–H groups in total. The van der Waals surface area contributed by atoms with Gasteiger partial charge in [0.2, 0.25) is 0 Å². The maximum absolute atomic E-state index is 14.0. The lowest BCUT2D eigenvalue weighted by Gasteiger charge is -2.29. The van der Waals surface area contributed by atoms with Gasteiger partial charge in [-0.15, -0.1) is 0 Å². The van der Waals surface area contributed by atoms with Gasteiger partial charge in [-0.05, 0) is 18.1 Å². The third kappa shape index (κ3) is 2.23. The number of nitriles is 1. The highest BCUT2D eigenvalue weighted by Crippen LogP contribution is 2.43. The minimum absolute atomic E-state index is 0.284. The first-order chi connectivity index (χ1) is 9.54. The van der Waals surface area contributed by atoms with Crippen LogP contribution >= 0.6 is 0 Å². The maximum atomic E-state index is 14.0. The third-order valence-corrected chi connectivity index (χ3v) is 3.62. The first-order valence-electron chi connectivity index (χ1n) is 6.34. The van der Waals surface area contributed by atoms with Crippen molar-refractivity contribution in [2.75, 3.05) is 0 Å². The zero-order valence-corrected chi connectivity index (χ0v) is 11.0. The van der Waals surface area contributed by atoms with Gasteiger partial charge in [0.05, 0.1) is 12.0 Å². The van der Waals surface area contributed by atoms with E-state index >= 15 is 0 Å². The first-order valence-corrected chi connectivity index (χ1v) is 6.34. The van der Waals surface area contributed by atoms with Crippen molar-refractivity contribution in [3.8, 4) is 6.07 Å². The first kappa shape index (κ1) is 14.0. The number of aliphatic carboxylic acids is 1. The second-order valence-corrected chi connectivity index (χ2v) is 4.72. The Morgan fingerprint density at radius 3 is 2.75 bits per heavy atom. The average Bonchev–Trinajstić information content (AvgIpc) is 2.47. The summed E-state index contributed by atoms with van der Waals surface area (Å²) in [6.07, 6.45) is 4.98. The minimum Gasteiger partial charge on any atom is -0.481 e.